The molecule has 1 heterocycles. The van der Waals surface area contributed by atoms with E-state index in [2.05, 4.69) is 36.8 Å². The van der Waals surface area contributed by atoms with Gasteiger partial charge in [-0.1, -0.05) is 19.9 Å². The Bertz CT molecular complexity index is 388. The molecule has 0 saturated heterocycles. The van der Waals surface area contributed by atoms with Gasteiger partial charge < -0.3 is 5.73 Å². The fourth-order valence-electron chi connectivity index (χ4n) is 3.20. The molecule has 1 aliphatic rings. The largest absolute Gasteiger partial charge is 0.329 e. The maximum atomic E-state index is 6.08. The highest BCUT2D eigenvalue weighted by molar-refractivity contribution is 5.07. The Hall–Kier alpha value is -0.930. The van der Waals surface area contributed by atoms with Gasteiger partial charge >= 0.3 is 0 Å². The van der Waals surface area contributed by atoms with E-state index in [0.717, 1.165) is 18.8 Å². The van der Waals surface area contributed by atoms with Crippen molar-refractivity contribution in [3.8, 4) is 0 Å². The molecule has 0 aliphatic heterocycles. The van der Waals surface area contributed by atoms with Gasteiger partial charge in [0.05, 0.1) is 5.69 Å². The second kappa shape index (κ2) is 4.98. The number of nitrogens with zero attached hydrogens (tertiary/aromatic N) is 2. The van der Waals surface area contributed by atoms with E-state index in [9.17, 15) is 0 Å². The molecule has 100 valence electrons. The summed E-state index contributed by atoms with van der Waals surface area (Å²) in [5.74, 6) is 0. The van der Waals surface area contributed by atoms with Crippen LogP contribution >= 0.6 is 0 Å². The normalized spacial score (nSPS) is 26.7. The van der Waals surface area contributed by atoms with Crippen LogP contribution in [0.1, 0.15) is 38.8 Å². The van der Waals surface area contributed by atoms with Crippen LogP contribution in [0, 0.1) is 5.41 Å². The molecule has 1 aromatic rings. The van der Waals surface area contributed by atoms with Gasteiger partial charge in [0.1, 0.15) is 0 Å². The molecule has 1 saturated carbocycles. The zero-order valence-electron chi connectivity index (χ0n) is 11.8. The quantitative estimate of drug-likeness (QED) is 0.888. The van der Waals surface area contributed by atoms with Crippen LogP contribution in [0.5, 0.6) is 0 Å². The number of hydrogen-bond donors (Lipinski definition) is 1. The van der Waals surface area contributed by atoms with E-state index in [1.165, 1.54) is 19.3 Å². The highest BCUT2D eigenvalue weighted by Gasteiger charge is 2.44. The number of nitrogens with two attached hydrogens (primary N) is 1. The molecule has 1 fully saturated rings. The SMILES string of the molecule is CN(Cc1ccccn1)C1(CN)CCC(C)(C)C1. The van der Waals surface area contributed by atoms with E-state index < -0.39 is 0 Å². The molecule has 1 unspecified atom stereocenters. The Kier molecular flexibility index (Phi) is 3.74. The van der Waals surface area contributed by atoms with Gasteiger partial charge in [-0.3, -0.25) is 9.88 Å². The molecule has 0 spiro atoms. The summed E-state index contributed by atoms with van der Waals surface area (Å²) in [7, 11) is 2.18. The van der Waals surface area contributed by atoms with Crippen LogP contribution in [0.25, 0.3) is 0 Å². The summed E-state index contributed by atoms with van der Waals surface area (Å²) in [5, 5.41) is 0. The molecule has 2 N–H and O–H groups in total. The average Bonchev–Trinajstić information content (AvgIpc) is 2.68. The fourth-order valence-corrected chi connectivity index (χ4v) is 3.20. The lowest BCUT2D eigenvalue weighted by Crippen LogP contribution is -2.50. The minimum Gasteiger partial charge on any atom is -0.329 e. The lowest BCUT2D eigenvalue weighted by atomic mass is 9.87. The average molecular weight is 247 g/mol. The molecule has 0 radical (unpaired) electrons. The van der Waals surface area contributed by atoms with Gasteiger partial charge in [0, 0.05) is 24.8 Å². The van der Waals surface area contributed by atoms with Crippen molar-refractivity contribution in [1.82, 2.24) is 9.88 Å². The minimum atomic E-state index is 0.154. The maximum Gasteiger partial charge on any atom is 0.0544 e. The lowest BCUT2D eigenvalue weighted by Gasteiger charge is -2.39. The van der Waals surface area contributed by atoms with Crippen molar-refractivity contribution in [2.24, 2.45) is 11.1 Å². The third kappa shape index (κ3) is 2.73. The first kappa shape index (κ1) is 13.5. The molecule has 1 aromatic heterocycles. The smallest absolute Gasteiger partial charge is 0.0544 e. The first-order valence-electron chi connectivity index (χ1n) is 6.79. The highest BCUT2D eigenvalue weighted by Crippen LogP contribution is 2.46. The number of aromatic nitrogens is 1. The standard InChI is InChI=1S/C15H25N3/c1-14(2)7-8-15(11-14,12-16)18(3)10-13-6-4-5-9-17-13/h4-6,9H,7-8,10-12,16H2,1-3H3. The maximum absolute atomic E-state index is 6.08. The summed E-state index contributed by atoms with van der Waals surface area (Å²) < 4.78 is 0. The van der Waals surface area contributed by atoms with E-state index >= 15 is 0 Å². The fraction of sp³-hybridized carbons (Fsp3) is 0.667. The number of hydrogen-bond acceptors (Lipinski definition) is 3. The summed E-state index contributed by atoms with van der Waals surface area (Å²) in [6.07, 6.45) is 5.49. The third-order valence-corrected chi connectivity index (χ3v) is 4.39. The van der Waals surface area contributed by atoms with E-state index in [1.54, 1.807) is 0 Å². The van der Waals surface area contributed by atoms with Crippen LogP contribution in [0.4, 0.5) is 0 Å². The van der Waals surface area contributed by atoms with Gasteiger partial charge in [0.15, 0.2) is 0 Å². The highest BCUT2D eigenvalue weighted by atomic mass is 15.2. The molecule has 0 bridgehead atoms. The van der Waals surface area contributed by atoms with Crippen LogP contribution in [-0.2, 0) is 6.54 Å². The van der Waals surface area contributed by atoms with Crippen LogP contribution in [0.15, 0.2) is 24.4 Å². The van der Waals surface area contributed by atoms with E-state index in [1.807, 2.05) is 18.3 Å². The van der Waals surface area contributed by atoms with Crippen molar-refractivity contribution in [2.45, 2.75) is 45.2 Å². The summed E-state index contributed by atoms with van der Waals surface area (Å²) in [4.78, 5) is 6.82. The van der Waals surface area contributed by atoms with E-state index in [0.29, 0.717) is 5.41 Å². The molecule has 3 heteroatoms. The molecule has 0 aromatic carbocycles. The Morgan fingerprint density at radius 1 is 1.33 bits per heavy atom. The Labute approximate surface area is 110 Å². The topological polar surface area (TPSA) is 42.2 Å². The zero-order valence-corrected chi connectivity index (χ0v) is 11.8. The van der Waals surface area contributed by atoms with Crippen molar-refractivity contribution < 1.29 is 0 Å². The van der Waals surface area contributed by atoms with Gasteiger partial charge in [-0.05, 0) is 43.9 Å². The Morgan fingerprint density at radius 2 is 2.11 bits per heavy atom. The molecular weight excluding hydrogens is 222 g/mol. The van der Waals surface area contributed by atoms with Crippen molar-refractivity contribution in [1.29, 1.82) is 0 Å². The summed E-state index contributed by atoms with van der Waals surface area (Å²) in [6, 6.07) is 6.09. The molecule has 2 rings (SSSR count). The lowest BCUT2D eigenvalue weighted by molar-refractivity contribution is 0.110. The monoisotopic (exact) mass is 247 g/mol. The van der Waals surface area contributed by atoms with Crippen molar-refractivity contribution >= 4 is 0 Å². The van der Waals surface area contributed by atoms with Gasteiger partial charge in [-0.15, -0.1) is 0 Å². The predicted molar refractivity (Wildman–Crippen MR) is 75.1 cm³/mol. The second-order valence-corrected chi connectivity index (χ2v) is 6.45. The summed E-state index contributed by atoms with van der Waals surface area (Å²) >= 11 is 0. The van der Waals surface area contributed by atoms with Crippen LogP contribution in [-0.4, -0.2) is 29.0 Å². The molecule has 1 aliphatic carbocycles. The van der Waals surface area contributed by atoms with E-state index in [4.69, 9.17) is 5.73 Å². The van der Waals surface area contributed by atoms with Gasteiger partial charge in [-0.2, -0.15) is 0 Å². The number of rotatable bonds is 4. The molecular formula is C15H25N3. The predicted octanol–water partition coefficient (Wildman–Crippen LogP) is 2.42. The summed E-state index contributed by atoms with van der Waals surface area (Å²) in [6.45, 7) is 6.31. The molecule has 0 amide bonds. The molecule has 3 nitrogen and oxygen atoms in total. The van der Waals surface area contributed by atoms with Crippen molar-refractivity contribution in [3.63, 3.8) is 0 Å². The minimum absolute atomic E-state index is 0.154. The molecule has 1 atom stereocenters. The summed E-state index contributed by atoms with van der Waals surface area (Å²) in [5.41, 5.74) is 7.77. The van der Waals surface area contributed by atoms with Crippen molar-refractivity contribution in [3.05, 3.63) is 30.1 Å². The van der Waals surface area contributed by atoms with Gasteiger partial charge in [-0.25, -0.2) is 0 Å². The van der Waals surface area contributed by atoms with Crippen LogP contribution in [0.2, 0.25) is 0 Å². The first-order valence-corrected chi connectivity index (χ1v) is 6.79. The van der Waals surface area contributed by atoms with Crippen LogP contribution in [0.3, 0.4) is 0 Å². The molecule has 18 heavy (non-hydrogen) atoms. The van der Waals surface area contributed by atoms with Gasteiger partial charge in [0.25, 0.3) is 0 Å². The van der Waals surface area contributed by atoms with E-state index in [-0.39, 0.29) is 5.54 Å². The second-order valence-electron chi connectivity index (χ2n) is 6.45. The van der Waals surface area contributed by atoms with Crippen molar-refractivity contribution in [2.75, 3.05) is 13.6 Å². The number of likely N-dealkylation sites (N-methyl/N-ethyl adjacent to an activating group) is 1. The Morgan fingerprint density at radius 3 is 2.61 bits per heavy atom. The van der Waals surface area contributed by atoms with Crippen LogP contribution < -0.4 is 5.73 Å². The Balaban J connectivity index is 2.09. The number of pyridine rings is 1. The first-order chi connectivity index (χ1) is 8.47. The third-order valence-electron chi connectivity index (χ3n) is 4.39. The zero-order chi connectivity index (χ0) is 13.2. The van der Waals surface area contributed by atoms with Gasteiger partial charge in [0.2, 0.25) is 0 Å².